The molecule has 2 N–H and O–H groups in total. The summed E-state index contributed by atoms with van der Waals surface area (Å²) in [5.74, 6) is 3.22. The number of aliphatic hydroxyl groups excluding tert-OH is 2. The van der Waals surface area contributed by atoms with Gasteiger partial charge in [-0.05, 0) is 109 Å². The van der Waals surface area contributed by atoms with E-state index in [9.17, 15) is 15.0 Å². The standard InChI is InChI=1S/C35H54O3/c1-8-25(12-13-26(9-2)23(3)4)11-10-24(5)28-16-18-33(6)29-17-19-35(22-36)20-27(37)14-15-30(35)32(29)31(38)21-34(28,33)7/h10-15,23-26,28-29,31,36,38H,8-9,16-22H2,1-7H3/b11-10+,13-12+. The Morgan fingerprint density at radius 3 is 2.32 bits per heavy atom. The monoisotopic (exact) mass is 522 g/mol. The zero-order chi connectivity index (χ0) is 27.9. The number of carbonyl (C=O) groups is 1. The molecule has 4 rings (SSSR count). The zero-order valence-corrected chi connectivity index (χ0v) is 25.2. The topological polar surface area (TPSA) is 57.5 Å². The largest absolute Gasteiger partial charge is 0.395 e. The maximum atomic E-state index is 12.3. The summed E-state index contributed by atoms with van der Waals surface area (Å²) in [5.41, 5.74) is 1.90. The molecule has 0 radical (unpaired) electrons. The molecule has 0 heterocycles. The van der Waals surface area contributed by atoms with Crippen LogP contribution in [0.3, 0.4) is 0 Å². The molecule has 0 aromatic rings. The molecule has 3 heteroatoms. The van der Waals surface area contributed by atoms with Crippen LogP contribution in [-0.2, 0) is 4.79 Å². The van der Waals surface area contributed by atoms with E-state index in [-0.39, 0.29) is 23.2 Å². The quantitative estimate of drug-likeness (QED) is 0.303. The number of hydrogen-bond acceptors (Lipinski definition) is 3. The molecule has 2 fully saturated rings. The van der Waals surface area contributed by atoms with Crippen LogP contribution >= 0.6 is 0 Å². The molecule has 0 bridgehead atoms. The molecule has 212 valence electrons. The van der Waals surface area contributed by atoms with Crippen molar-refractivity contribution in [1.82, 2.24) is 0 Å². The highest BCUT2D eigenvalue weighted by Crippen LogP contribution is 2.71. The fourth-order valence-electron chi connectivity index (χ4n) is 9.22. The Kier molecular flexibility index (Phi) is 8.71. The van der Waals surface area contributed by atoms with Crippen molar-refractivity contribution in [2.24, 2.45) is 51.8 Å². The first-order chi connectivity index (χ1) is 18.0. The second kappa shape index (κ2) is 11.2. The molecule has 2 saturated carbocycles. The van der Waals surface area contributed by atoms with Gasteiger partial charge in [0.1, 0.15) is 0 Å². The molecule has 4 aliphatic carbocycles. The van der Waals surface area contributed by atoms with E-state index in [1.807, 2.05) is 6.08 Å². The number of carbonyl (C=O) groups excluding carboxylic acids is 1. The van der Waals surface area contributed by atoms with Gasteiger partial charge < -0.3 is 10.2 Å². The third kappa shape index (κ3) is 4.85. The SMILES string of the molecule is CCC(/C=C/C(C)C1CCC2(C)C3CCC4(CO)CC(=O)C=CC4=C3C(O)CC12C)/C=C/C(CC)C(C)C. The Balaban J connectivity index is 1.59. The number of allylic oxidation sites excluding steroid dienone is 6. The minimum Gasteiger partial charge on any atom is -0.395 e. The molecular weight excluding hydrogens is 468 g/mol. The fourth-order valence-corrected chi connectivity index (χ4v) is 9.22. The van der Waals surface area contributed by atoms with Gasteiger partial charge >= 0.3 is 0 Å². The summed E-state index contributed by atoms with van der Waals surface area (Å²) in [5, 5.41) is 22.1. The molecule has 4 aliphatic rings. The second-order valence-corrected chi connectivity index (χ2v) is 14.1. The lowest BCUT2D eigenvalue weighted by Gasteiger charge is -2.59. The molecular formula is C35H54O3. The van der Waals surface area contributed by atoms with Crippen molar-refractivity contribution in [2.75, 3.05) is 6.61 Å². The highest BCUT2D eigenvalue weighted by atomic mass is 16.3. The first-order valence-corrected chi connectivity index (χ1v) is 15.6. The summed E-state index contributed by atoms with van der Waals surface area (Å²) < 4.78 is 0. The lowest BCUT2D eigenvalue weighted by Crippen LogP contribution is -2.55. The highest BCUT2D eigenvalue weighted by Gasteiger charge is 2.64. The van der Waals surface area contributed by atoms with Crippen molar-refractivity contribution in [3.63, 3.8) is 0 Å². The van der Waals surface area contributed by atoms with Gasteiger partial charge in [-0.25, -0.2) is 0 Å². The van der Waals surface area contributed by atoms with Gasteiger partial charge in [0.15, 0.2) is 5.78 Å². The van der Waals surface area contributed by atoms with Crippen molar-refractivity contribution >= 4 is 5.78 Å². The Hall–Kier alpha value is -1.45. The van der Waals surface area contributed by atoms with E-state index < -0.39 is 11.5 Å². The average molecular weight is 523 g/mol. The maximum absolute atomic E-state index is 12.3. The highest BCUT2D eigenvalue weighted by molar-refractivity contribution is 5.93. The van der Waals surface area contributed by atoms with Crippen LogP contribution in [-0.4, -0.2) is 28.7 Å². The van der Waals surface area contributed by atoms with Gasteiger partial charge in [0.05, 0.1) is 12.7 Å². The predicted octanol–water partition coefficient (Wildman–Crippen LogP) is 7.84. The van der Waals surface area contributed by atoms with Gasteiger partial charge in [0.25, 0.3) is 0 Å². The van der Waals surface area contributed by atoms with Crippen LogP contribution in [0.15, 0.2) is 47.6 Å². The fraction of sp³-hybridized carbons (Fsp3) is 0.743. The maximum Gasteiger partial charge on any atom is 0.156 e. The molecule has 0 saturated heterocycles. The van der Waals surface area contributed by atoms with E-state index in [1.54, 1.807) is 6.08 Å². The Morgan fingerprint density at radius 2 is 1.68 bits per heavy atom. The Bertz CT molecular complexity index is 1000. The molecule has 0 spiro atoms. The van der Waals surface area contributed by atoms with Crippen LogP contribution in [0, 0.1) is 51.8 Å². The third-order valence-electron chi connectivity index (χ3n) is 12.0. The summed E-state index contributed by atoms with van der Waals surface area (Å²) in [6.45, 7) is 16.5. The minimum absolute atomic E-state index is 0.0109. The minimum atomic E-state index is -0.498. The number of fused-ring (bicyclic) bond motifs is 4. The molecule has 0 aromatic carbocycles. The van der Waals surface area contributed by atoms with E-state index in [1.165, 1.54) is 19.3 Å². The summed E-state index contributed by atoms with van der Waals surface area (Å²) in [7, 11) is 0. The van der Waals surface area contributed by atoms with E-state index in [0.29, 0.717) is 41.9 Å². The first-order valence-electron chi connectivity index (χ1n) is 15.6. The van der Waals surface area contributed by atoms with Crippen LogP contribution in [0.1, 0.15) is 99.8 Å². The summed E-state index contributed by atoms with van der Waals surface area (Å²) >= 11 is 0. The lowest BCUT2D eigenvalue weighted by molar-refractivity contribution is -0.118. The van der Waals surface area contributed by atoms with Gasteiger partial charge in [-0.15, -0.1) is 0 Å². The van der Waals surface area contributed by atoms with Crippen LogP contribution in [0.4, 0.5) is 0 Å². The normalized spacial score (nSPS) is 39.5. The van der Waals surface area contributed by atoms with Crippen LogP contribution in [0.5, 0.6) is 0 Å². The molecule has 9 atom stereocenters. The van der Waals surface area contributed by atoms with Crippen molar-refractivity contribution in [3.8, 4) is 0 Å². The summed E-state index contributed by atoms with van der Waals surface area (Å²) in [6.07, 6.45) is 20.5. The molecule has 0 amide bonds. The first kappa shape index (κ1) is 29.5. The van der Waals surface area contributed by atoms with E-state index in [4.69, 9.17) is 0 Å². The number of rotatable bonds is 9. The average Bonchev–Trinajstić information content (AvgIpc) is 3.15. The second-order valence-electron chi connectivity index (χ2n) is 14.1. The number of ketones is 1. The predicted molar refractivity (Wildman–Crippen MR) is 157 cm³/mol. The third-order valence-corrected chi connectivity index (χ3v) is 12.0. The van der Waals surface area contributed by atoms with Crippen molar-refractivity contribution in [3.05, 3.63) is 47.6 Å². The van der Waals surface area contributed by atoms with Crippen molar-refractivity contribution in [2.45, 2.75) is 106 Å². The van der Waals surface area contributed by atoms with Gasteiger partial charge in [-0.1, -0.05) is 78.8 Å². The summed E-state index contributed by atoms with van der Waals surface area (Å²) in [4.78, 5) is 12.3. The van der Waals surface area contributed by atoms with Crippen LogP contribution < -0.4 is 0 Å². The molecule has 3 nitrogen and oxygen atoms in total. The van der Waals surface area contributed by atoms with Crippen LogP contribution in [0.2, 0.25) is 0 Å². The molecule has 38 heavy (non-hydrogen) atoms. The zero-order valence-electron chi connectivity index (χ0n) is 25.2. The van der Waals surface area contributed by atoms with Gasteiger partial charge in [-0.3, -0.25) is 4.79 Å². The van der Waals surface area contributed by atoms with Crippen LogP contribution in [0.25, 0.3) is 0 Å². The Morgan fingerprint density at radius 1 is 0.974 bits per heavy atom. The van der Waals surface area contributed by atoms with Crippen molar-refractivity contribution < 1.29 is 15.0 Å². The number of aliphatic hydroxyl groups is 2. The molecule has 9 unspecified atom stereocenters. The Labute approximate surface area is 232 Å². The lowest BCUT2D eigenvalue weighted by atomic mass is 9.45. The smallest absolute Gasteiger partial charge is 0.156 e. The summed E-state index contributed by atoms with van der Waals surface area (Å²) in [6, 6.07) is 0. The van der Waals surface area contributed by atoms with E-state index >= 15 is 0 Å². The molecule has 0 aliphatic heterocycles. The van der Waals surface area contributed by atoms with Gasteiger partial charge in [-0.2, -0.15) is 0 Å². The van der Waals surface area contributed by atoms with E-state index in [0.717, 1.165) is 36.8 Å². The van der Waals surface area contributed by atoms with E-state index in [2.05, 4.69) is 72.8 Å². The molecule has 0 aromatic heterocycles. The van der Waals surface area contributed by atoms with Gasteiger partial charge in [0, 0.05) is 11.8 Å². The van der Waals surface area contributed by atoms with Gasteiger partial charge in [0.2, 0.25) is 0 Å². The number of hydrogen-bond donors (Lipinski definition) is 2. The van der Waals surface area contributed by atoms with Crippen molar-refractivity contribution in [1.29, 1.82) is 0 Å².